The van der Waals surface area contributed by atoms with Gasteiger partial charge < -0.3 is 14.6 Å². The molecular formula is C22H25BrN4O5S. The van der Waals surface area contributed by atoms with Crippen LogP contribution in [0.4, 0.5) is 5.82 Å². The van der Waals surface area contributed by atoms with Crippen molar-refractivity contribution in [3.8, 4) is 17.0 Å². The molecule has 176 valence electrons. The number of halogens is 1. The Morgan fingerprint density at radius 3 is 2.48 bits per heavy atom. The summed E-state index contributed by atoms with van der Waals surface area (Å²) in [6, 6.07) is 16.6. The van der Waals surface area contributed by atoms with E-state index in [0.29, 0.717) is 17.5 Å². The molecule has 0 amide bonds. The summed E-state index contributed by atoms with van der Waals surface area (Å²) in [6.07, 6.45) is 0.865. The van der Waals surface area contributed by atoms with E-state index < -0.39 is 16.4 Å². The highest BCUT2D eigenvalue weighted by atomic mass is 79.9. The van der Waals surface area contributed by atoms with Gasteiger partial charge in [0.15, 0.2) is 5.82 Å². The third-order valence-corrected chi connectivity index (χ3v) is 6.02. The highest BCUT2D eigenvalue weighted by molar-refractivity contribution is 9.10. The molecule has 0 saturated heterocycles. The standard InChI is InChI=1S/C22H25BrN4O5S/c1-2-19(32-14-16-6-4-3-5-7-16)26-33(29,30)27-21-20(17-8-10-18(23)11-9-17)22(25-15-24-21)31-13-12-28/h3-11,15,19,26,28H,2,12-14H2,1H3,(H,24,25,27). The maximum absolute atomic E-state index is 12.9. The fourth-order valence-electron chi connectivity index (χ4n) is 2.91. The van der Waals surface area contributed by atoms with Crippen LogP contribution in [-0.2, 0) is 21.6 Å². The summed E-state index contributed by atoms with van der Waals surface area (Å²) in [7, 11) is -4.06. The second-order valence-electron chi connectivity index (χ2n) is 6.90. The number of aliphatic hydroxyl groups excluding tert-OH is 1. The van der Waals surface area contributed by atoms with Crippen LogP contribution in [0.25, 0.3) is 11.1 Å². The second-order valence-corrected chi connectivity index (χ2v) is 9.26. The van der Waals surface area contributed by atoms with Gasteiger partial charge in [0.25, 0.3) is 0 Å². The fourth-order valence-corrected chi connectivity index (χ4v) is 4.22. The van der Waals surface area contributed by atoms with E-state index in [1.807, 2.05) is 37.3 Å². The van der Waals surface area contributed by atoms with Crippen LogP contribution in [0, 0.1) is 0 Å². The van der Waals surface area contributed by atoms with Gasteiger partial charge in [-0.05, 0) is 29.7 Å². The molecule has 9 nitrogen and oxygen atoms in total. The highest BCUT2D eigenvalue weighted by Gasteiger charge is 2.22. The Bertz CT molecular complexity index is 1130. The molecule has 2 aromatic carbocycles. The van der Waals surface area contributed by atoms with Crippen LogP contribution in [0.1, 0.15) is 18.9 Å². The molecule has 0 bridgehead atoms. The van der Waals surface area contributed by atoms with Gasteiger partial charge in [0, 0.05) is 4.47 Å². The average Bonchev–Trinajstić information content (AvgIpc) is 2.81. The monoisotopic (exact) mass is 536 g/mol. The Kier molecular flexibility index (Phi) is 9.15. The maximum Gasteiger partial charge on any atom is 0.302 e. The molecule has 0 spiro atoms. The molecule has 3 aromatic rings. The van der Waals surface area contributed by atoms with E-state index in [1.165, 1.54) is 6.33 Å². The Morgan fingerprint density at radius 2 is 1.82 bits per heavy atom. The van der Waals surface area contributed by atoms with Crippen LogP contribution in [0.2, 0.25) is 0 Å². The molecule has 0 radical (unpaired) electrons. The summed E-state index contributed by atoms with van der Waals surface area (Å²) in [6.45, 7) is 1.86. The van der Waals surface area contributed by atoms with Gasteiger partial charge in [-0.1, -0.05) is 65.3 Å². The van der Waals surface area contributed by atoms with Crippen molar-refractivity contribution in [3.63, 3.8) is 0 Å². The Balaban J connectivity index is 1.82. The minimum atomic E-state index is -4.06. The summed E-state index contributed by atoms with van der Waals surface area (Å²) in [5.74, 6) is 0.178. The Labute approximate surface area is 201 Å². The van der Waals surface area contributed by atoms with Crippen molar-refractivity contribution in [2.45, 2.75) is 26.2 Å². The molecule has 3 rings (SSSR count). The predicted molar refractivity (Wildman–Crippen MR) is 129 cm³/mol. The van der Waals surface area contributed by atoms with Gasteiger partial charge in [-0.2, -0.15) is 13.1 Å². The number of ether oxygens (including phenoxy) is 2. The van der Waals surface area contributed by atoms with Crippen molar-refractivity contribution in [1.82, 2.24) is 14.7 Å². The van der Waals surface area contributed by atoms with Gasteiger partial charge in [-0.15, -0.1) is 0 Å². The zero-order valence-corrected chi connectivity index (χ0v) is 20.3. The minimum Gasteiger partial charge on any atom is -0.475 e. The Morgan fingerprint density at radius 1 is 1.09 bits per heavy atom. The predicted octanol–water partition coefficient (Wildman–Crippen LogP) is 3.48. The molecular weight excluding hydrogens is 512 g/mol. The largest absolute Gasteiger partial charge is 0.475 e. The van der Waals surface area contributed by atoms with E-state index in [9.17, 15) is 8.42 Å². The van der Waals surface area contributed by atoms with E-state index in [0.717, 1.165) is 10.0 Å². The molecule has 0 saturated carbocycles. The number of anilines is 1. The van der Waals surface area contributed by atoms with Gasteiger partial charge in [0.2, 0.25) is 5.88 Å². The number of nitrogens with zero attached hydrogens (tertiary/aromatic N) is 2. The molecule has 33 heavy (non-hydrogen) atoms. The molecule has 0 aliphatic rings. The van der Waals surface area contributed by atoms with Crippen molar-refractivity contribution in [2.24, 2.45) is 0 Å². The van der Waals surface area contributed by atoms with Gasteiger partial charge in [0.1, 0.15) is 19.2 Å². The lowest BCUT2D eigenvalue weighted by Crippen LogP contribution is -2.40. The van der Waals surface area contributed by atoms with Crippen LogP contribution < -0.4 is 14.2 Å². The quantitative estimate of drug-likeness (QED) is 0.303. The molecule has 11 heteroatoms. The number of hydrogen-bond acceptors (Lipinski definition) is 7. The zero-order chi connectivity index (χ0) is 23.7. The zero-order valence-electron chi connectivity index (χ0n) is 17.9. The van der Waals surface area contributed by atoms with Crippen LogP contribution in [0.15, 0.2) is 65.4 Å². The lowest BCUT2D eigenvalue weighted by molar-refractivity contribution is 0.0311. The highest BCUT2D eigenvalue weighted by Crippen LogP contribution is 2.34. The lowest BCUT2D eigenvalue weighted by Gasteiger charge is -2.20. The van der Waals surface area contributed by atoms with E-state index >= 15 is 0 Å². The van der Waals surface area contributed by atoms with Crippen LogP contribution in [0.5, 0.6) is 5.88 Å². The van der Waals surface area contributed by atoms with E-state index in [-0.39, 0.29) is 31.5 Å². The minimum absolute atomic E-state index is 0.00375. The number of rotatable bonds is 12. The summed E-state index contributed by atoms with van der Waals surface area (Å²) < 4.78 is 42.9. The smallest absolute Gasteiger partial charge is 0.302 e. The van der Waals surface area contributed by atoms with Crippen LogP contribution in [0.3, 0.4) is 0 Å². The topological polar surface area (TPSA) is 123 Å². The summed E-state index contributed by atoms with van der Waals surface area (Å²) in [5, 5.41) is 9.13. The van der Waals surface area contributed by atoms with Gasteiger partial charge in [0.05, 0.1) is 18.8 Å². The van der Waals surface area contributed by atoms with Crippen molar-refractivity contribution >= 4 is 32.0 Å². The number of benzene rings is 2. The first-order valence-electron chi connectivity index (χ1n) is 10.2. The molecule has 3 N–H and O–H groups in total. The lowest BCUT2D eigenvalue weighted by atomic mass is 10.1. The van der Waals surface area contributed by atoms with E-state index in [1.54, 1.807) is 24.3 Å². The normalized spacial score (nSPS) is 12.3. The van der Waals surface area contributed by atoms with Gasteiger partial charge >= 0.3 is 10.2 Å². The van der Waals surface area contributed by atoms with Crippen LogP contribution >= 0.6 is 15.9 Å². The number of aliphatic hydroxyl groups is 1. The summed E-state index contributed by atoms with van der Waals surface area (Å²) >= 11 is 3.38. The molecule has 1 atom stereocenters. The van der Waals surface area contributed by atoms with E-state index in [2.05, 4.69) is 35.3 Å². The van der Waals surface area contributed by atoms with Gasteiger partial charge in [-0.25, -0.2) is 9.97 Å². The fraction of sp³-hybridized carbons (Fsp3) is 0.273. The van der Waals surface area contributed by atoms with Crippen molar-refractivity contribution in [2.75, 3.05) is 17.9 Å². The van der Waals surface area contributed by atoms with E-state index in [4.69, 9.17) is 14.6 Å². The first kappa shape index (κ1) is 25.1. The van der Waals surface area contributed by atoms with Crippen molar-refractivity contribution in [3.05, 3.63) is 71.0 Å². The number of aromatic nitrogens is 2. The number of nitrogens with one attached hydrogen (secondary N) is 2. The summed E-state index contributed by atoms with van der Waals surface area (Å²) in [5.41, 5.74) is 1.92. The number of hydrogen-bond donors (Lipinski definition) is 3. The molecule has 1 heterocycles. The van der Waals surface area contributed by atoms with Crippen LogP contribution in [-0.4, -0.2) is 42.9 Å². The Hall–Kier alpha value is -2.57. The molecule has 1 aromatic heterocycles. The van der Waals surface area contributed by atoms with Crippen molar-refractivity contribution in [1.29, 1.82) is 0 Å². The molecule has 0 aliphatic heterocycles. The first-order valence-corrected chi connectivity index (χ1v) is 12.5. The maximum atomic E-state index is 12.9. The second kappa shape index (κ2) is 12.1. The van der Waals surface area contributed by atoms with Gasteiger partial charge in [-0.3, -0.25) is 4.72 Å². The molecule has 0 fully saturated rings. The van der Waals surface area contributed by atoms with Crippen molar-refractivity contribution < 1.29 is 23.0 Å². The summed E-state index contributed by atoms with van der Waals surface area (Å²) in [4.78, 5) is 8.23. The SMILES string of the molecule is CCC(NS(=O)(=O)Nc1ncnc(OCCO)c1-c1ccc(Br)cc1)OCc1ccccc1. The molecule has 0 aliphatic carbocycles. The molecule has 1 unspecified atom stereocenters. The first-order chi connectivity index (χ1) is 15.9. The average molecular weight is 537 g/mol. The third-order valence-electron chi connectivity index (χ3n) is 4.46. The third kappa shape index (κ3) is 7.47.